The number of rotatable bonds is 3. The van der Waals surface area contributed by atoms with Crippen molar-refractivity contribution in [3.8, 4) is 17.0 Å². The van der Waals surface area contributed by atoms with Gasteiger partial charge in [0, 0.05) is 25.7 Å². The summed E-state index contributed by atoms with van der Waals surface area (Å²) in [7, 11) is 3.52. The third kappa shape index (κ3) is 3.23. The predicted octanol–water partition coefficient (Wildman–Crippen LogP) is 3.82. The summed E-state index contributed by atoms with van der Waals surface area (Å²) in [6.07, 6.45) is 2.23. The Kier molecular flexibility index (Phi) is 4.79. The van der Waals surface area contributed by atoms with Crippen molar-refractivity contribution >= 4 is 16.9 Å². The highest BCUT2D eigenvalue weighted by Gasteiger charge is 2.26. The number of methoxy groups -OCH3 is 1. The molecule has 0 aliphatic carbocycles. The molecule has 1 saturated heterocycles. The van der Waals surface area contributed by atoms with Gasteiger partial charge in [0.2, 0.25) is 0 Å². The van der Waals surface area contributed by atoms with Crippen molar-refractivity contribution in [2.24, 2.45) is 13.0 Å². The molecule has 1 aliphatic heterocycles. The van der Waals surface area contributed by atoms with Crippen LogP contribution in [0, 0.1) is 12.8 Å². The van der Waals surface area contributed by atoms with Gasteiger partial charge in [-0.05, 0) is 56.0 Å². The zero-order valence-electron chi connectivity index (χ0n) is 16.9. The number of ether oxygens (including phenoxy) is 1. The number of aryl methyl sites for hydroxylation is 2. The van der Waals surface area contributed by atoms with E-state index in [-0.39, 0.29) is 5.91 Å². The van der Waals surface area contributed by atoms with Crippen LogP contribution in [-0.2, 0) is 7.05 Å². The lowest BCUT2D eigenvalue weighted by Gasteiger charge is -2.31. The number of benzene rings is 1. The predicted molar refractivity (Wildman–Crippen MR) is 110 cm³/mol. The minimum atomic E-state index is 0.0739. The highest BCUT2D eigenvalue weighted by atomic mass is 16.5. The normalized spacial score (nSPS) is 17.1. The summed E-state index contributed by atoms with van der Waals surface area (Å²) in [6, 6.07) is 9.66. The summed E-state index contributed by atoms with van der Waals surface area (Å²) >= 11 is 0. The molecule has 146 valence electrons. The fourth-order valence-corrected chi connectivity index (χ4v) is 4.07. The molecule has 6 nitrogen and oxygen atoms in total. The maximum Gasteiger partial charge on any atom is 0.254 e. The van der Waals surface area contributed by atoms with Crippen LogP contribution in [-0.4, -0.2) is 45.8 Å². The second-order valence-electron chi connectivity index (χ2n) is 7.69. The van der Waals surface area contributed by atoms with E-state index >= 15 is 0 Å². The minimum absolute atomic E-state index is 0.0739. The first kappa shape index (κ1) is 18.5. The molecule has 1 aromatic carbocycles. The van der Waals surface area contributed by atoms with Gasteiger partial charge in [-0.3, -0.25) is 9.48 Å². The smallest absolute Gasteiger partial charge is 0.254 e. The highest BCUT2D eigenvalue weighted by Crippen LogP contribution is 2.29. The van der Waals surface area contributed by atoms with Crippen LogP contribution in [0.5, 0.6) is 5.75 Å². The molecule has 1 atom stereocenters. The molecule has 2 aromatic heterocycles. The van der Waals surface area contributed by atoms with Crippen molar-refractivity contribution in [3.63, 3.8) is 0 Å². The third-order valence-corrected chi connectivity index (χ3v) is 5.53. The molecule has 1 amide bonds. The van der Waals surface area contributed by atoms with E-state index in [9.17, 15) is 4.79 Å². The second-order valence-corrected chi connectivity index (χ2v) is 7.69. The topological polar surface area (TPSA) is 60.2 Å². The molecule has 0 saturated carbocycles. The van der Waals surface area contributed by atoms with E-state index in [1.807, 2.05) is 49.2 Å². The lowest BCUT2D eigenvalue weighted by Crippen LogP contribution is -2.39. The molecular weight excluding hydrogens is 352 g/mol. The van der Waals surface area contributed by atoms with Crippen LogP contribution in [0.25, 0.3) is 22.3 Å². The number of likely N-dealkylation sites (tertiary alicyclic amines) is 1. The maximum atomic E-state index is 13.4. The summed E-state index contributed by atoms with van der Waals surface area (Å²) in [5.41, 5.74) is 3.98. The molecule has 0 radical (unpaired) electrons. The molecule has 1 unspecified atom stereocenters. The Morgan fingerprint density at radius 2 is 2.00 bits per heavy atom. The van der Waals surface area contributed by atoms with Gasteiger partial charge in [-0.1, -0.05) is 6.92 Å². The molecule has 28 heavy (non-hydrogen) atoms. The monoisotopic (exact) mass is 378 g/mol. The van der Waals surface area contributed by atoms with Crippen molar-refractivity contribution in [2.45, 2.75) is 26.7 Å². The van der Waals surface area contributed by atoms with E-state index in [0.717, 1.165) is 53.2 Å². The number of hydrogen-bond donors (Lipinski definition) is 0. The maximum absolute atomic E-state index is 13.4. The highest BCUT2D eigenvalue weighted by molar-refractivity contribution is 6.07. The van der Waals surface area contributed by atoms with Gasteiger partial charge in [-0.15, -0.1) is 0 Å². The van der Waals surface area contributed by atoms with Gasteiger partial charge in [-0.2, -0.15) is 5.10 Å². The molecule has 0 bridgehead atoms. The van der Waals surface area contributed by atoms with Crippen LogP contribution in [0.3, 0.4) is 0 Å². The molecular formula is C22H26N4O2. The fourth-order valence-electron chi connectivity index (χ4n) is 4.07. The second kappa shape index (κ2) is 7.26. The summed E-state index contributed by atoms with van der Waals surface area (Å²) in [6.45, 7) is 5.76. The van der Waals surface area contributed by atoms with Gasteiger partial charge in [0.05, 0.1) is 29.4 Å². The SMILES string of the molecule is COc1ccc(-c2cc(C(=O)N3CCCC(C)C3)c3c(C)nn(C)c3n2)cc1. The summed E-state index contributed by atoms with van der Waals surface area (Å²) in [4.78, 5) is 20.2. The first-order chi connectivity index (χ1) is 13.5. The Morgan fingerprint density at radius 1 is 1.25 bits per heavy atom. The number of aromatic nitrogens is 3. The number of carbonyl (C=O) groups is 1. The average molecular weight is 378 g/mol. The van der Waals surface area contributed by atoms with Gasteiger partial charge in [0.25, 0.3) is 5.91 Å². The Bertz CT molecular complexity index is 1020. The van der Waals surface area contributed by atoms with Crippen LogP contribution in [0.4, 0.5) is 0 Å². The van der Waals surface area contributed by atoms with Gasteiger partial charge < -0.3 is 9.64 Å². The number of nitrogens with zero attached hydrogens (tertiary/aromatic N) is 4. The number of pyridine rings is 1. The van der Waals surface area contributed by atoms with Crippen molar-refractivity contribution < 1.29 is 9.53 Å². The number of hydrogen-bond acceptors (Lipinski definition) is 4. The lowest BCUT2D eigenvalue weighted by molar-refractivity contribution is 0.0685. The molecule has 0 spiro atoms. The van der Waals surface area contributed by atoms with Crippen LogP contribution >= 0.6 is 0 Å². The van der Waals surface area contributed by atoms with E-state index in [2.05, 4.69) is 12.0 Å². The summed E-state index contributed by atoms with van der Waals surface area (Å²) < 4.78 is 7.01. The molecule has 3 heterocycles. The zero-order valence-corrected chi connectivity index (χ0v) is 16.9. The number of piperidine rings is 1. The van der Waals surface area contributed by atoms with Gasteiger partial charge >= 0.3 is 0 Å². The van der Waals surface area contributed by atoms with E-state index in [4.69, 9.17) is 9.72 Å². The molecule has 1 fully saturated rings. The molecule has 0 N–H and O–H groups in total. The minimum Gasteiger partial charge on any atom is -0.497 e. The zero-order chi connectivity index (χ0) is 19.8. The van der Waals surface area contributed by atoms with Crippen LogP contribution in [0.1, 0.15) is 35.8 Å². The average Bonchev–Trinajstić information content (AvgIpc) is 3.00. The fraction of sp³-hybridized carbons (Fsp3) is 0.409. The third-order valence-electron chi connectivity index (χ3n) is 5.53. The Labute approximate surface area is 165 Å². The standard InChI is InChI=1S/C22H26N4O2/c1-14-6-5-11-26(13-14)22(27)18-12-19(16-7-9-17(28-4)10-8-16)23-21-20(18)15(2)24-25(21)3/h7-10,12,14H,5-6,11,13H2,1-4H3. The quantitative estimate of drug-likeness (QED) is 0.695. The van der Waals surface area contributed by atoms with Gasteiger partial charge in [0.1, 0.15) is 5.75 Å². The largest absolute Gasteiger partial charge is 0.497 e. The lowest BCUT2D eigenvalue weighted by atomic mass is 9.98. The van der Waals surface area contributed by atoms with Crippen molar-refractivity contribution in [3.05, 3.63) is 41.6 Å². The number of fused-ring (bicyclic) bond motifs is 1. The van der Waals surface area contributed by atoms with Gasteiger partial charge in [0.15, 0.2) is 5.65 Å². The molecule has 3 aromatic rings. The number of carbonyl (C=O) groups excluding carboxylic acids is 1. The Balaban J connectivity index is 1.84. The van der Waals surface area contributed by atoms with Gasteiger partial charge in [-0.25, -0.2) is 4.98 Å². The Morgan fingerprint density at radius 3 is 2.68 bits per heavy atom. The molecule has 6 heteroatoms. The first-order valence-corrected chi connectivity index (χ1v) is 9.76. The Hall–Kier alpha value is -2.89. The van der Waals surface area contributed by atoms with Crippen molar-refractivity contribution in [1.82, 2.24) is 19.7 Å². The van der Waals surface area contributed by atoms with E-state index in [1.54, 1.807) is 11.8 Å². The van der Waals surface area contributed by atoms with Crippen LogP contribution in [0.2, 0.25) is 0 Å². The summed E-state index contributed by atoms with van der Waals surface area (Å²) in [5.74, 6) is 1.40. The number of amides is 1. The van der Waals surface area contributed by atoms with Crippen LogP contribution in [0.15, 0.2) is 30.3 Å². The van der Waals surface area contributed by atoms with E-state index < -0.39 is 0 Å². The van der Waals surface area contributed by atoms with Crippen molar-refractivity contribution in [2.75, 3.05) is 20.2 Å². The van der Waals surface area contributed by atoms with E-state index in [0.29, 0.717) is 11.5 Å². The molecule has 1 aliphatic rings. The van der Waals surface area contributed by atoms with E-state index in [1.165, 1.54) is 6.42 Å². The molecule has 4 rings (SSSR count). The first-order valence-electron chi connectivity index (χ1n) is 9.76. The summed E-state index contributed by atoms with van der Waals surface area (Å²) in [5, 5.41) is 5.37. The van der Waals surface area contributed by atoms with Crippen molar-refractivity contribution in [1.29, 1.82) is 0 Å². The van der Waals surface area contributed by atoms with Crippen LogP contribution < -0.4 is 4.74 Å².